The van der Waals surface area contributed by atoms with Crippen LogP contribution in [0.25, 0.3) is 0 Å². The number of nitrogens with one attached hydrogen (secondary N) is 1. The molecular weight excluding hydrogens is 354 g/mol. The van der Waals surface area contributed by atoms with Gasteiger partial charge in [-0.05, 0) is 40.2 Å². The van der Waals surface area contributed by atoms with Crippen LogP contribution in [0.4, 0.5) is 11.4 Å². The van der Waals surface area contributed by atoms with E-state index in [4.69, 9.17) is 9.47 Å². The van der Waals surface area contributed by atoms with Crippen LogP contribution in [0, 0.1) is 10.1 Å². The lowest BCUT2D eigenvalue weighted by Gasteiger charge is -2.02. The van der Waals surface area contributed by atoms with E-state index in [-0.39, 0.29) is 12.5 Å². The summed E-state index contributed by atoms with van der Waals surface area (Å²) in [6.07, 6.45) is 1.62. The second-order valence-electron chi connectivity index (χ2n) is 4.40. The quantitative estimate of drug-likeness (QED) is 0.510. The Labute approximate surface area is 133 Å². The van der Waals surface area contributed by atoms with Crippen LogP contribution in [0.1, 0.15) is 5.56 Å². The van der Waals surface area contributed by atoms with Crippen LogP contribution in [0.2, 0.25) is 0 Å². The summed E-state index contributed by atoms with van der Waals surface area (Å²) >= 11 is 3.43. The first kappa shape index (κ1) is 14.3. The molecule has 0 unspecified atom stereocenters. The van der Waals surface area contributed by atoms with Gasteiger partial charge in [-0.3, -0.25) is 15.5 Å². The Hall–Kier alpha value is -2.61. The highest BCUT2D eigenvalue weighted by atomic mass is 79.9. The van der Waals surface area contributed by atoms with Gasteiger partial charge in [-0.1, -0.05) is 0 Å². The van der Waals surface area contributed by atoms with Crippen molar-refractivity contribution in [2.45, 2.75) is 0 Å². The van der Waals surface area contributed by atoms with Crippen LogP contribution in [0.15, 0.2) is 46.0 Å². The first-order chi connectivity index (χ1) is 10.6. The molecule has 0 amide bonds. The molecule has 0 fully saturated rings. The van der Waals surface area contributed by atoms with E-state index in [1.165, 1.54) is 12.1 Å². The maximum atomic E-state index is 10.6. The predicted octanol–water partition coefficient (Wildman–Crippen LogP) is 3.53. The maximum absolute atomic E-state index is 10.6. The van der Waals surface area contributed by atoms with Crippen molar-refractivity contribution in [1.82, 2.24) is 0 Å². The maximum Gasteiger partial charge on any atom is 0.269 e. The molecule has 0 atom stereocenters. The van der Waals surface area contributed by atoms with Gasteiger partial charge < -0.3 is 9.47 Å². The topological polar surface area (TPSA) is 86.0 Å². The smallest absolute Gasteiger partial charge is 0.269 e. The number of fused-ring (bicyclic) bond motifs is 1. The molecule has 1 aliphatic heterocycles. The Morgan fingerprint density at radius 1 is 1.23 bits per heavy atom. The summed E-state index contributed by atoms with van der Waals surface area (Å²) in [5.74, 6) is 1.35. The molecule has 0 bridgehead atoms. The molecule has 112 valence electrons. The number of hydrogen-bond acceptors (Lipinski definition) is 6. The molecule has 3 rings (SSSR count). The average molecular weight is 364 g/mol. The lowest BCUT2D eigenvalue weighted by Crippen LogP contribution is -1.93. The van der Waals surface area contributed by atoms with Crippen molar-refractivity contribution in [3.8, 4) is 11.5 Å². The molecule has 2 aromatic carbocycles. The van der Waals surface area contributed by atoms with E-state index in [0.29, 0.717) is 17.2 Å². The van der Waals surface area contributed by atoms with E-state index in [1.807, 2.05) is 12.1 Å². The molecule has 0 saturated heterocycles. The molecule has 22 heavy (non-hydrogen) atoms. The predicted molar refractivity (Wildman–Crippen MR) is 84.6 cm³/mol. The number of benzene rings is 2. The monoisotopic (exact) mass is 363 g/mol. The molecule has 1 aliphatic rings. The van der Waals surface area contributed by atoms with Crippen molar-refractivity contribution in [3.63, 3.8) is 0 Å². The summed E-state index contributed by atoms with van der Waals surface area (Å²) in [7, 11) is 0. The van der Waals surface area contributed by atoms with Gasteiger partial charge in [0, 0.05) is 22.2 Å². The molecule has 7 nitrogen and oxygen atoms in total. The largest absolute Gasteiger partial charge is 0.454 e. The van der Waals surface area contributed by atoms with E-state index in [2.05, 4.69) is 26.5 Å². The molecule has 0 aromatic heterocycles. The third kappa shape index (κ3) is 3.01. The Morgan fingerprint density at radius 2 is 1.91 bits per heavy atom. The summed E-state index contributed by atoms with van der Waals surface area (Å²) in [5.41, 5.74) is 4.31. The Morgan fingerprint density at radius 3 is 2.59 bits per heavy atom. The van der Waals surface area contributed by atoms with Gasteiger partial charge in [0.25, 0.3) is 5.69 Å². The van der Waals surface area contributed by atoms with Crippen molar-refractivity contribution >= 4 is 33.5 Å². The van der Waals surface area contributed by atoms with E-state index in [0.717, 1.165) is 10.0 Å². The standard InChI is InChI=1S/C14H10BrN3O4/c15-12-6-14-13(21-8-22-14)5-9(12)7-16-17-10-1-3-11(4-2-10)18(19)20/h1-7,17H,8H2/b16-7-. The molecule has 1 heterocycles. The normalized spacial score (nSPS) is 12.6. The Balaban J connectivity index is 1.71. The van der Waals surface area contributed by atoms with Crippen LogP contribution < -0.4 is 14.9 Å². The van der Waals surface area contributed by atoms with Crippen molar-refractivity contribution in [3.05, 3.63) is 56.5 Å². The van der Waals surface area contributed by atoms with Gasteiger partial charge in [-0.25, -0.2) is 0 Å². The van der Waals surface area contributed by atoms with Gasteiger partial charge >= 0.3 is 0 Å². The minimum Gasteiger partial charge on any atom is -0.454 e. The summed E-state index contributed by atoms with van der Waals surface area (Å²) < 4.78 is 11.4. The minimum absolute atomic E-state index is 0.0352. The number of nitro groups is 1. The second-order valence-corrected chi connectivity index (χ2v) is 5.26. The minimum atomic E-state index is -0.448. The number of non-ortho nitro benzene ring substituents is 1. The number of anilines is 1. The zero-order chi connectivity index (χ0) is 15.5. The molecule has 0 saturated carbocycles. The highest BCUT2D eigenvalue weighted by Gasteiger charge is 2.15. The number of halogens is 1. The zero-order valence-electron chi connectivity index (χ0n) is 11.2. The number of hydrogen-bond donors (Lipinski definition) is 1. The van der Waals surface area contributed by atoms with Crippen molar-refractivity contribution in [2.75, 3.05) is 12.2 Å². The molecule has 0 radical (unpaired) electrons. The van der Waals surface area contributed by atoms with Crippen LogP contribution in [0.5, 0.6) is 11.5 Å². The number of rotatable bonds is 4. The van der Waals surface area contributed by atoms with Crippen molar-refractivity contribution < 1.29 is 14.4 Å². The SMILES string of the molecule is O=[N+]([O-])c1ccc(N/N=C\c2cc3c(cc2Br)OCO3)cc1. The summed E-state index contributed by atoms with van der Waals surface area (Å²) in [6.45, 7) is 0.212. The van der Waals surface area contributed by atoms with E-state index < -0.39 is 4.92 Å². The van der Waals surface area contributed by atoms with Crippen LogP contribution in [-0.4, -0.2) is 17.9 Å². The van der Waals surface area contributed by atoms with Gasteiger partial charge in [0.15, 0.2) is 11.5 Å². The summed E-state index contributed by atoms with van der Waals surface area (Å²) in [5, 5.41) is 14.7. The molecule has 8 heteroatoms. The number of nitro benzene ring substituents is 1. The fourth-order valence-corrected chi connectivity index (χ4v) is 2.29. The third-order valence-electron chi connectivity index (χ3n) is 2.97. The fraction of sp³-hybridized carbons (Fsp3) is 0.0714. The fourth-order valence-electron chi connectivity index (χ4n) is 1.87. The highest BCUT2D eigenvalue weighted by molar-refractivity contribution is 9.10. The van der Waals surface area contributed by atoms with Gasteiger partial charge in [0.05, 0.1) is 16.8 Å². The second kappa shape index (κ2) is 6.02. The van der Waals surface area contributed by atoms with Gasteiger partial charge in [0.2, 0.25) is 6.79 Å². The van der Waals surface area contributed by atoms with Gasteiger partial charge in [-0.15, -0.1) is 0 Å². The van der Waals surface area contributed by atoms with E-state index in [1.54, 1.807) is 18.3 Å². The average Bonchev–Trinajstić information content (AvgIpc) is 2.95. The Kier molecular flexibility index (Phi) is 3.92. The number of ether oxygens (including phenoxy) is 2. The molecule has 0 aliphatic carbocycles. The van der Waals surface area contributed by atoms with Gasteiger partial charge in [-0.2, -0.15) is 5.10 Å². The number of hydrazone groups is 1. The van der Waals surface area contributed by atoms with Gasteiger partial charge in [0.1, 0.15) is 0 Å². The highest BCUT2D eigenvalue weighted by Crippen LogP contribution is 2.36. The Bertz CT molecular complexity index is 746. The molecule has 1 N–H and O–H groups in total. The molecule has 2 aromatic rings. The van der Waals surface area contributed by atoms with Crippen LogP contribution in [0.3, 0.4) is 0 Å². The third-order valence-corrected chi connectivity index (χ3v) is 3.65. The van der Waals surface area contributed by atoms with E-state index >= 15 is 0 Å². The lowest BCUT2D eigenvalue weighted by atomic mass is 10.2. The lowest BCUT2D eigenvalue weighted by molar-refractivity contribution is -0.384. The summed E-state index contributed by atoms with van der Waals surface area (Å²) in [4.78, 5) is 10.1. The molecule has 0 spiro atoms. The van der Waals surface area contributed by atoms with Crippen molar-refractivity contribution in [1.29, 1.82) is 0 Å². The van der Waals surface area contributed by atoms with Crippen molar-refractivity contribution in [2.24, 2.45) is 5.10 Å². The number of nitrogens with zero attached hydrogens (tertiary/aromatic N) is 2. The first-order valence-corrected chi connectivity index (χ1v) is 7.05. The van der Waals surface area contributed by atoms with Crippen LogP contribution >= 0.6 is 15.9 Å². The first-order valence-electron chi connectivity index (χ1n) is 6.26. The van der Waals surface area contributed by atoms with Crippen LogP contribution in [-0.2, 0) is 0 Å². The summed E-state index contributed by atoms with van der Waals surface area (Å²) in [6, 6.07) is 9.63. The molecular formula is C14H10BrN3O4. The zero-order valence-corrected chi connectivity index (χ0v) is 12.7. The van der Waals surface area contributed by atoms with E-state index in [9.17, 15) is 10.1 Å².